The Morgan fingerprint density at radius 3 is 2.57 bits per heavy atom. The van der Waals surface area contributed by atoms with Gasteiger partial charge in [-0.05, 0) is 13.0 Å². The highest BCUT2D eigenvalue weighted by Crippen LogP contribution is 2.31. The van der Waals surface area contributed by atoms with Gasteiger partial charge in [0.05, 0.1) is 54.5 Å². The third kappa shape index (κ3) is 4.60. The van der Waals surface area contributed by atoms with E-state index in [-0.39, 0.29) is 17.4 Å². The van der Waals surface area contributed by atoms with E-state index < -0.39 is 23.8 Å². The molecule has 2 aliphatic heterocycles. The highest BCUT2D eigenvalue weighted by molar-refractivity contribution is 5.90. The summed E-state index contributed by atoms with van der Waals surface area (Å²) in [7, 11) is 0. The number of carbonyl (C=O) groups is 1. The molecule has 0 bridgehead atoms. The molecule has 35 heavy (non-hydrogen) atoms. The van der Waals surface area contributed by atoms with E-state index in [1.807, 2.05) is 11.0 Å². The molecule has 0 radical (unpaired) electrons. The monoisotopic (exact) mass is 486 g/mol. The third-order valence-corrected chi connectivity index (χ3v) is 6.56. The second-order valence-electron chi connectivity index (χ2n) is 8.79. The number of fused-ring (bicyclic) bond motifs is 1. The number of ether oxygens (including phenoxy) is 1. The normalized spacial score (nSPS) is 17.5. The molecule has 0 spiro atoms. The van der Waals surface area contributed by atoms with Crippen molar-refractivity contribution in [3.05, 3.63) is 53.6 Å². The van der Waals surface area contributed by atoms with Gasteiger partial charge in [0.2, 0.25) is 5.91 Å². The summed E-state index contributed by atoms with van der Waals surface area (Å²) in [6.07, 6.45) is 0.333. The van der Waals surface area contributed by atoms with Crippen LogP contribution in [0.2, 0.25) is 0 Å². The number of carbonyl (C=O) groups excluding carboxylic acids is 1. The second kappa shape index (κ2) is 9.65. The van der Waals surface area contributed by atoms with Crippen LogP contribution in [0.4, 0.5) is 24.5 Å². The van der Waals surface area contributed by atoms with Crippen molar-refractivity contribution in [2.75, 3.05) is 49.6 Å². The molecular weight excluding hydrogens is 461 g/mol. The van der Waals surface area contributed by atoms with E-state index >= 15 is 0 Å². The summed E-state index contributed by atoms with van der Waals surface area (Å²) in [5.41, 5.74) is 1.35. The van der Waals surface area contributed by atoms with E-state index in [1.165, 1.54) is 18.3 Å². The van der Waals surface area contributed by atoms with Crippen LogP contribution in [0.5, 0.6) is 0 Å². The van der Waals surface area contributed by atoms with Gasteiger partial charge in [-0.25, -0.2) is 18.2 Å². The van der Waals surface area contributed by atoms with E-state index in [0.29, 0.717) is 56.1 Å². The number of alkyl halides is 2. The number of aromatic nitrogens is 3. The molecule has 0 saturated carbocycles. The molecule has 8 nitrogen and oxygen atoms in total. The summed E-state index contributed by atoms with van der Waals surface area (Å²) in [5.74, 6) is -0.802. The smallest absolute Gasteiger partial charge is 0.266 e. The van der Waals surface area contributed by atoms with E-state index in [1.54, 1.807) is 13.1 Å². The molecule has 11 heteroatoms. The molecule has 0 unspecified atom stereocenters. The summed E-state index contributed by atoms with van der Waals surface area (Å²) < 4.78 is 46.1. The van der Waals surface area contributed by atoms with E-state index in [0.717, 1.165) is 11.8 Å². The maximum Gasteiger partial charge on any atom is 0.266 e. The van der Waals surface area contributed by atoms with Gasteiger partial charge in [0.25, 0.3) is 6.43 Å². The van der Waals surface area contributed by atoms with Gasteiger partial charge in [-0.2, -0.15) is 5.10 Å². The summed E-state index contributed by atoms with van der Waals surface area (Å²) >= 11 is 0. The lowest BCUT2D eigenvalue weighted by atomic mass is 10.0. The Morgan fingerprint density at radius 2 is 1.89 bits per heavy atom. The fourth-order valence-corrected chi connectivity index (χ4v) is 4.43. The van der Waals surface area contributed by atoms with E-state index in [2.05, 4.69) is 25.4 Å². The van der Waals surface area contributed by atoms with Crippen molar-refractivity contribution >= 4 is 28.3 Å². The first-order valence-corrected chi connectivity index (χ1v) is 11.5. The molecule has 2 saturated heterocycles. The molecule has 5 rings (SSSR count). The van der Waals surface area contributed by atoms with Crippen LogP contribution in [-0.4, -0.2) is 65.4 Å². The number of halogens is 3. The molecule has 2 fully saturated rings. The van der Waals surface area contributed by atoms with Crippen molar-refractivity contribution < 1.29 is 22.7 Å². The maximum atomic E-state index is 14.7. The average molecular weight is 486 g/mol. The predicted molar refractivity (Wildman–Crippen MR) is 124 cm³/mol. The van der Waals surface area contributed by atoms with Crippen LogP contribution < -0.4 is 10.2 Å². The molecule has 184 valence electrons. The third-order valence-electron chi connectivity index (χ3n) is 6.56. The van der Waals surface area contributed by atoms with Gasteiger partial charge in [0.15, 0.2) is 5.65 Å². The minimum atomic E-state index is -2.89. The molecule has 2 aliphatic rings. The molecular formula is C24H25F3N6O2. The lowest BCUT2D eigenvalue weighted by molar-refractivity contribution is -0.150. The zero-order chi connectivity index (χ0) is 24.5. The number of nitrogens with one attached hydrogen (secondary N) is 1. The minimum absolute atomic E-state index is 0.0238. The first-order chi connectivity index (χ1) is 16.9. The van der Waals surface area contributed by atoms with E-state index in [4.69, 9.17) is 4.74 Å². The molecule has 1 aromatic carbocycles. The van der Waals surface area contributed by atoms with Gasteiger partial charge in [0, 0.05) is 37.1 Å². The number of pyridine rings is 1. The Bertz CT molecular complexity index is 1230. The number of piperazine rings is 1. The fraction of sp³-hybridized carbons (Fsp3) is 0.417. The topological polar surface area (TPSA) is 83.5 Å². The van der Waals surface area contributed by atoms with Crippen LogP contribution in [0.15, 0.2) is 36.7 Å². The minimum Gasteiger partial charge on any atom is -0.380 e. The number of amides is 1. The standard InChI is InChI=1S/C24H25F3N6O2/c1-14(17-3-2-4-18(21(17)25)22(26)27)30-20-11-29-31-23-19(20)9-16(10-28-23)32-5-7-33(8-6-32)24(34)15-12-35-13-15/h2-4,9-11,14-15,22H,5-8,12-13H2,1H3,(H,28,30,31)/t14-/m1/s1. The van der Waals surface area contributed by atoms with Crippen LogP contribution in [0.25, 0.3) is 11.0 Å². The van der Waals surface area contributed by atoms with Crippen LogP contribution in [0.1, 0.15) is 30.5 Å². The first kappa shape index (κ1) is 23.3. The Kier molecular flexibility index (Phi) is 6.42. The van der Waals surface area contributed by atoms with Gasteiger partial charge >= 0.3 is 0 Å². The molecule has 4 heterocycles. The number of benzene rings is 1. The quantitative estimate of drug-likeness (QED) is 0.570. The molecule has 1 amide bonds. The summed E-state index contributed by atoms with van der Waals surface area (Å²) in [6.45, 7) is 5.25. The van der Waals surface area contributed by atoms with Crippen molar-refractivity contribution in [2.45, 2.75) is 19.4 Å². The fourth-order valence-electron chi connectivity index (χ4n) is 4.43. The molecule has 0 aliphatic carbocycles. The SMILES string of the molecule is C[C@@H](Nc1cnnc2ncc(N3CCN(C(=O)C4COC4)CC3)cc12)c1cccc(C(F)F)c1F. The zero-order valence-electron chi connectivity index (χ0n) is 19.1. The van der Waals surface area contributed by atoms with Crippen LogP contribution in [-0.2, 0) is 9.53 Å². The summed E-state index contributed by atoms with van der Waals surface area (Å²) in [4.78, 5) is 20.9. The Balaban J connectivity index is 1.34. The van der Waals surface area contributed by atoms with Crippen LogP contribution in [0, 0.1) is 11.7 Å². The number of hydrogen-bond acceptors (Lipinski definition) is 7. The largest absolute Gasteiger partial charge is 0.380 e. The van der Waals surface area contributed by atoms with Gasteiger partial charge in [0.1, 0.15) is 5.82 Å². The number of nitrogens with zero attached hydrogens (tertiary/aromatic N) is 5. The number of hydrogen-bond donors (Lipinski definition) is 1. The highest BCUT2D eigenvalue weighted by atomic mass is 19.3. The lowest BCUT2D eigenvalue weighted by Crippen LogP contribution is -2.53. The van der Waals surface area contributed by atoms with Crippen molar-refractivity contribution in [2.24, 2.45) is 5.92 Å². The van der Waals surface area contributed by atoms with Gasteiger partial charge in [-0.3, -0.25) is 4.79 Å². The number of rotatable bonds is 6. The molecule has 1 atom stereocenters. The molecule has 2 aromatic heterocycles. The van der Waals surface area contributed by atoms with Crippen molar-refractivity contribution in [3.63, 3.8) is 0 Å². The van der Waals surface area contributed by atoms with Crippen molar-refractivity contribution in [3.8, 4) is 0 Å². The highest BCUT2D eigenvalue weighted by Gasteiger charge is 2.32. The summed E-state index contributed by atoms with van der Waals surface area (Å²) in [6, 6.07) is 5.31. The molecule has 1 N–H and O–H groups in total. The van der Waals surface area contributed by atoms with Gasteiger partial charge in [-0.15, -0.1) is 5.10 Å². The first-order valence-electron chi connectivity index (χ1n) is 11.5. The van der Waals surface area contributed by atoms with E-state index in [9.17, 15) is 18.0 Å². The van der Waals surface area contributed by atoms with Crippen LogP contribution in [0.3, 0.4) is 0 Å². The maximum absolute atomic E-state index is 14.7. The predicted octanol–water partition coefficient (Wildman–Crippen LogP) is 3.57. The van der Waals surface area contributed by atoms with Gasteiger partial charge < -0.3 is 19.9 Å². The zero-order valence-corrected chi connectivity index (χ0v) is 19.1. The Morgan fingerprint density at radius 1 is 1.14 bits per heavy atom. The molecule has 3 aromatic rings. The van der Waals surface area contributed by atoms with Crippen molar-refractivity contribution in [1.82, 2.24) is 20.1 Å². The second-order valence-corrected chi connectivity index (χ2v) is 8.79. The summed E-state index contributed by atoms with van der Waals surface area (Å²) in [5, 5.41) is 11.9. The number of anilines is 2. The Labute approximate surface area is 200 Å². The van der Waals surface area contributed by atoms with Crippen LogP contribution >= 0.6 is 0 Å². The van der Waals surface area contributed by atoms with Gasteiger partial charge in [-0.1, -0.05) is 18.2 Å². The van der Waals surface area contributed by atoms with Crippen molar-refractivity contribution in [1.29, 1.82) is 0 Å². The lowest BCUT2D eigenvalue weighted by Gasteiger charge is -2.39. The Hall–Kier alpha value is -3.47. The average Bonchev–Trinajstić information content (AvgIpc) is 2.83.